The van der Waals surface area contributed by atoms with Gasteiger partial charge in [-0.15, -0.1) is 0 Å². The smallest absolute Gasteiger partial charge is 0.274 e. The number of pyridine rings is 1. The molecule has 0 saturated heterocycles. The monoisotopic (exact) mass is 317 g/mol. The average Bonchev–Trinajstić information content (AvgIpc) is 2.61. The molecule has 0 radical (unpaired) electrons. The molecule has 0 aliphatic rings. The number of aryl methyl sites for hydroxylation is 1. The minimum atomic E-state index is -0.213. The first-order chi connectivity index (χ1) is 11.7. The molecular weight excluding hydrogens is 298 g/mol. The Morgan fingerprint density at radius 3 is 2.50 bits per heavy atom. The van der Waals surface area contributed by atoms with Crippen molar-refractivity contribution in [2.75, 3.05) is 10.6 Å². The van der Waals surface area contributed by atoms with Crippen LogP contribution in [0.2, 0.25) is 0 Å². The Morgan fingerprint density at radius 1 is 0.958 bits per heavy atom. The number of nitrogens with one attached hydrogen (secondary N) is 2. The molecule has 0 spiro atoms. The van der Waals surface area contributed by atoms with Crippen LogP contribution < -0.4 is 10.6 Å². The van der Waals surface area contributed by atoms with Gasteiger partial charge in [0.15, 0.2) is 0 Å². The fraction of sp³-hybridized carbons (Fsp3) is 0.100. The molecule has 0 saturated carbocycles. The Morgan fingerprint density at radius 2 is 1.79 bits per heavy atom. The van der Waals surface area contributed by atoms with E-state index in [0.717, 1.165) is 23.5 Å². The van der Waals surface area contributed by atoms with Gasteiger partial charge < -0.3 is 10.6 Å². The van der Waals surface area contributed by atoms with Crippen LogP contribution in [0.1, 0.15) is 21.6 Å². The Labute approximate surface area is 141 Å². The molecule has 3 aromatic rings. The number of carbonyl (C=O) groups excluding carboxylic acids is 1. The van der Waals surface area contributed by atoms with Crippen LogP contribution in [0.15, 0.2) is 72.9 Å². The lowest BCUT2D eigenvalue weighted by Crippen LogP contribution is -2.13. The van der Waals surface area contributed by atoms with Crippen LogP contribution in [0, 0.1) is 6.92 Å². The lowest BCUT2D eigenvalue weighted by atomic mass is 10.2. The van der Waals surface area contributed by atoms with Gasteiger partial charge in [-0.25, -0.2) is 4.98 Å². The van der Waals surface area contributed by atoms with Crippen LogP contribution in [0.25, 0.3) is 0 Å². The van der Waals surface area contributed by atoms with Gasteiger partial charge in [-0.1, -0.05) is 42.5 Å². The van der Waals surface area contributed by atoms with Crippen molar-refractivity contribution in [1.29, 1.82) is 0 Å². The van der Waals surface area contributed by atoms with Gasteiger partial charge in [-0.3, -0.25) is 4.79 Å². The van der Waals surface area contributed by atoms with E-state index in [1.807, 2.05) is 55.5 Å². The number of amides is 1. The van der Waals surface area contributed by atoms with E-state index in [-0.39, 0.29) is 5.91 Å². The molecule has 0 unspecified atom stereocenters. The summed E-state index contributed by atoms with van der Waals surface area (Å²) >= 11 is 0. The quantitative estimate of drug-likeness (QED) is 0.739. The summed E-state index contributed by atoms with van der Waals surface area (Å²) in [5, 5.41) is 6.14. The highest BCUT2D eigenvalue weighted by Gasteiger charge is 2.07. The molecule has 0 aliphatic carbocycles. The van der Waals surface area contributed by atoms with Gasteiger partial charge in [-0.2, -0.15) is 0 Å². The zero-order valence-corrected chi connectivity index (χ0v) is 13.5. The molecule has 2 N–H and O–H groups in total. The maximum absolute atomic E-state index is 12.2. The van der Waals surface area contributed by atoms with E-state index in [0.29, 0.717) is 5.69 Å². The number of benzene rings is 2. The molecule has 2 aromatic carbocycles. The van der Waals surface area contributed by atoms with Crippen molar-refractivity contribution >= 4 is 17.3 Å². The fourth-order valence-electron chi connectivity index (χ4n) is 2.35. The number of hydrogen-bond acceptors (Lipinski definition) is 3. The predicted octanol–water partition coefficient (Wildman–Crippen LogP) is 4.25. The first-order valence-electron chi connectivity index (χ1n) is 7.82. The van der Waals surface area contributed by atoms with Crippen molar-refractivity contribution in [3.63, 3.8) is 0 Å². The highest BCUT2D eigenvalue weighted by atomic mass is 16.1. The summed E-state index contributed by atoms with van der Waals surface area (Å²) in [6.45, 7) is 2.71. The van der Waals surface area contributed by atoms with E-state index < -0.39 is 0 Å². The van der Waals surface area contributed by atoms with Crippen molar-refractivity contribution in [3.05, 3.63) is 89.7 Å². The Hall–Kier alpha value is -3.14. The number of hydrogen-bond donors (Lipinski definition) is 2. The summed E-state index contributed by atoms with van der Waals surface area (Å²) in [6.07, 6.45) is 1.67. The first kappa shape index (κ1) is 15.7. The second-order valence-corrected chi connectivity index (χ2v) is 5.59. The van der Waals surface area contributed by atoms with Gasteiger partial charge in [0.05, 0.1) is 11.9 Å². The second-order valence-electron chi connectivity index (χ2n) is 5.59. The molecule has 0 bridgehead atoms. The predicted molar refractivity (Wildman–Crippen MR) is 97.1 cm³/mol. The normalized spacial score (nSPS) is 10.2. The Bertz CT molecular complexity index is 814. The maximum atomic E-state index is 12.2. The van der Waals surface area contributed by atoms with Crippen molar-refractivity contribution in [2.45, 2.75) is 13.5 Å². The Balaban J connectivity index is 1.60. The van der Waals surface area contributed by atoms with Gasteiger partial charge in [-0.05, 0) is 42.3 Å². The summed E-state index contributed by atoms with van der Waals surface area (Å²) in [4.78, 5) is 16.5. The third kappa shape index (κ3) is 4.20. The average molecular weight is 317 g/mol. The number of anilines is 2. The van der Waals surface area contributed by atoms with E-state index >= 15 is 0 Å². The molecule has 4 heteroatoms. The molecule has 1 heterocycles. The molecule has 0 fully saturated rings. The van der Waals surface area contributed by atoms with Crippen molar-refractivity contribution in [2.24, 2.45) is 0 Å². The second kappa shape index (κ2) is 7.42. The summed E-state index contributed by atoms with van der Waals surface area (Å²) in [5.41, 5.74) is 4.33. The van der Waals surface area contributed by atoms with E-state index in [9.17, 15) is 4.79 Å². The standard InChI is InChI=1S/C20H19N3O/c1-15-6-5-9-17(12-15)23-20(24)19-11-10-18(14-22-19)21-13-16-7-3-2-4-8-16/h2-12,14,21H,13H2,1H3,(H,23,24). The topological polar surface area (TPSA) is 54.0 Å². The van der Waals surface area contributed by atoms with Gasteiger partial charge in [0.1, 0.15) is 5.69 Å². The largest absolute Gasteiger partial charge is 0.380 e. The molecule has 3 rings (SSSR count). The van der Waals surface area contributed by atoms with Crippen LogP contribution in [0.3, 0.4) is 0 Å². The van der Waals surface area contributed by atoms with Crippen molar-refractivity contribution < 1.29 is 4.79 Å². The summed E-state index contributed by atoms with van der Waals surface area (Å²) in [7, 11) is 0. The minimum absolute atomic E-state index is 0.213. The highest BCUT2D eigenvalue weighted by Crippen LogP contribution is 2.13. The van der Waals surface area contributed by atoms with E-state index in [1.54, 1.807) is 12.3 Å². The van der Waals surface area contributed by atoms with Crippen molar-refractivity contribution in [3.8, 4) is 0 Å². The molecular formula is C20H19N3O. The van der Waals surface area contributed by atoms with Gasteiger partial charge in [0.2, 0.25) is 0 Å². The third-order valence-electron chi connectivity index (χ3n) is 3.61. The van der Waals surface area contributed by atoms with Gasteiger partial charge in [0, 0.05) is 12.2 Å². The van der Waals surface area contributed by atoms with Crippen LogP contribution in [-0.2, 0) is 6.54 Å². The van der Waals surface area contributed by atoms with Crippen molar-refractivity contribution in [1.82, 2.24) is 4.98 Å². The zero-order chi connectivity index (χ0) is 16.8. The van der Waals surface area contributed by atoms with Crippen LogP contribution in [0.4, 0.5) is 11.4 Å². The first-order valence-corrected chi connectivity index (χ1v) is 7.82. The number of carbonyl (C=O) groups is 1. The zero-order valence-electron chi connectivity index (χ0n) is 13.5. The highest BCUT2D eigenvalue weighted by molar-refractivity contribution is 6.02. The third-order valence-corrected chi connectivity index (χ3v) is 3.61. The fourth-order valence-corrected chi connectivity index (χ4v) is 2.35. The summed E-state index contributed by atoms with van der Waals surface area (Å²) in [5.74, 6) is -0.213. The molecule has 1 amide bonds. The van der Waals surface area contributed by atoms with E-state index in [2.05, 4.69) is 27.8 Å². The van der Waals surface area contributed by atoms with E-state index in [4.69, 9.17) is 0 Å². The molecule has 120 valence electrons. The lowest BCUT2D eigenvalue weighted by Gasteiger charge is -2.08. The molecule has 1 aromatic heterocycles. The van der Waals surface area contributed by atoms with Gasteiger partial charge in [0.25, 0.3) is 5.91 Å². The minimum Gasteiger partial charge on any atom is -0.380 e. The van der Waals surface area contributed by atoms with Crippen LogP contribution in [0.5, 0.6) is 0 Å². The summed E-state index contributed by atoms with van der Waals surface area (Å²) in [6, 6.07) is 21.4. The van der Waals surface area contributed by atoms with Crippen LogP contribution in [-0.4, -0.2) is 10.9 Å². The lowest BCUT2D eigenvalue weighted by molar-refractivity contribution is 0.102. The van der Waals surface area contributed by atoms with Crippen LogP contribution >= 0.6 is 0 Å². The van der Waals surface area contributed by atoms with Gasteiger partial charge >= 0.3 is 0 Å². The number of nitrogens with zero attached hydrogens (tertiary/aromatic N) is 1. The Kier molecular flexibility index (Phi) is 4.87. The molecule has 0 atom stereocenters. The summed E-state index contributed by atoms with van der Waals surface area (Å²) < 4.78 is 0. The maximum Gasteiger partial charge on any atom is 0.274 e. The SMILES string of the molecule is Cc1cccc(NC(=O)c2ccc(NCc3ccccc3)cn2)c1. The van der Waals surface area contributed by atoms with E-state index in [1.165, 1.54) is 5.56 Å². The molecule has 4 nitrogen and oxygen atoms in total. The molecule has 24 heavy (non-hydrogen) atoms. The number of aromatic nitrogens is 1. The molecule has 0 aliphatic heterocycles. The number of rotatable bonds is 5.